The molecule has 1 unspecified atom stereocenters. The average molecular weight is 359 g/mol. The zero-order valence-corrected chi connectivity index (χ0v) is 15.3. The number of nitrogens with zero attached hydrogens (tertiary/aromatic N) is 2. The smallest absolute Gasteiger partial charge is 0.221 e. The minimum atomic E-state index is 0.0491. The Labute approximate surface area is 153 Å². The van der Waals surface area contributed by atoms with Crippen molar-refractivity contribution < 1.29 is 4.79 Å². The molecule has 1 aromatic carbocycles. The summed E-state index contributed by atoms with van der Waals surface area (Å²) in [6.45, 7) is 3.02. The van der Waals surface area contributed by atoms with Crippen molar-refractivity contribution in [3.05, 3.63) is 41.4 Å². The maximum Gasteiger partial charge on any atom is 0.221 e. The molecule has 25 heavy (non-hydrogen) atoms. The molecular formula is C19H26N4OS. The summed E-state index contributed by atoms with van der Waals surface area (Å²) in [4.78, 5) is 19.0. The molecule has 134 valence electrons. The van der Waals surface area contributed by atoms with Gasteiger partial charge in [0.25, 0.3) is 0 Å². The lowest BCUT2D eigenvalue weighted by Crippen LogP contribution is -2.46. The van der Waals surface area contributed by atoms with Gasteiger partial charge in [-0.25, -0.2) is 4.98 Å². The Hall–Kier alpha value is -1.76. The molecule has 1 aliphatic rings. The van der Waals surface area contributed by atoms with Gasteiger partial charge >= 0.3 is 0 Å². The molecular weight excluding hydrogens is 332 g/mol. The summed E-state index contributed by atoms with van der Waals surface area (Å²) < 4.78 is 0. The van der Waals surface area contributed by atoms with Gasteiger partial charge in [0.2, 0.25) is 5.91 Å². The Morgan fingerprint density at radius 1 is 1.32 bits per heavy atom. The number of rotatable bonds is 7. The van der Waals surface area contributed by atoms with E-state index in [2.05, 4.69) is 27.7 Å². The number of likely N-dealkylation sites (tertiary alicyclic amines) is 1. The van der Waals surface area contributed by atoms with Crippen LogP contribution in [-0.4, -0.2) is 41.5 Å². The van der Waals surface area contributed by atoms with E-state index in [9.17, 15) is 4.79 Å². The first-order valence-corrected chi connectivity index (χ1v) is 9.85. The number of aromatic nitrogens is 1. The molecule has 1 amide bonds. The van der Waals surface area contributed by atoms with Crippen LogP contribution < -0.4 is 11.1 Å². The van der Waals surface area contributed by atoms with E-state index >= 15 is 0 Å². The van der Waals surface area contributed by atoms with Crippen LogP contribution in [0.5, 0.6) is 0 Å². The number of carbonyl (C=O) groups is 1. The summed E-state index contributed by atoms with van der Waals surface area (Å²) in [6.07, 6.45) is 3.96. The van der Waals surface area contributed by atoms with Crippen molar-refractivity contribution in [2.45, 2.75) is 38.3 Å². The average Bonchev–Trinajstić information content (AvgIpc) is 3.11. The van der Waals surface area contributed by atoms with Crippen molar-refractivity contribution >= 4 is 17.2 Å². The molecule has 2 aromatic rings. The Balaban J connectivity index is 1.60. The van der Waals surface area contributed by atoms with Gasteiger partial charge in [0.05, 0.1) is 5.69 Å². The molecule has 0 bridgehead atoms. The molecule has 0 saturated carbocycles. The van der Waals surface area contributed by atoms with Crippen LogP contribution in [0.4, 0.5) is 0 Å². The van der Waals surface area contributed by atoms with E-state index in [0.717, 1.165) is 30.2 Å². The highest BCUT2D eigenvalue weighted by molar-refractivity contribution is 7.13. The van der Waals surface area contributed by atoms with Crippen LogP contribution in [0, 0.1) is 0 Å². The maximum absolute atomic E-state index is 11.7. The van der Waals surface area contributed by atoms with Crippen molar-refractivity contribution in [2.75, 3.05) is 19.6 Å². The van der Waals surface area contributed by atoms with Gasteiger partial charge in [0.1, 0.15) is 5.01 Å². The van der Waals surface area contributed by atoms with Gasteiger partial charge in [-0.1, -0.05) is 36.8 Å². The van der Waals surface area contributed by atoms with Crippen LogP contribution in [0.3, 0.4) is 0 Å². The number of hydrogen-bond donors (Lipinski definition) is 2. The van der Waals surface area contributed by atoms with Gasteiger partial charge in [0.15, 0.2) is 0 Å². The molecule has 2 heterocycles. The summed E-state index contributed by atoms with van der Waals surface area (Å²) >= 11 is 1.70. The number of thiazole rings is 1. The molecule has 1 aliphatic heterocycles. The van der Waals surface area contributed by atoms with E-state index in [1.54, 1.807) is 11.3 Å². The number of benzene rings is 1. The van der Waals surface area contributed by atoms with Gasteiger partial charge in [-0.2, -0.15) is 0 Å². The summed E-state index contributed by atoms with van der Waals surface area (Å²) in [5.74, 6) is 0.0491. The topological polar surface area (TPSA) is 71.2 Å². The van der Waals surface area contributed by atoms with Gasteiger partial charge in [0, 0.05) is 43.0 Å². The predicted molar refractivity (Wildman–Crippen MR) is 102 cm³/mol. The van der Waals surface area contributed by atoms with Crippen molar-refractivity contribution in [1.82, 2.24) is 15.2 Å². The number of piperidine rings is 1. The molecule has 0 aliphatic carbocycles. The fourth-order valence-corrected chi connectivity index (χ4v) is 4.07. The number of nitrogens with two attached hydrogens (primary N) is 1. The Bertz CT molecular complexity index is 673. The minimum Gasteiger partial charge on any atom is -0.354 e. The lowest BCUT2D eigenvalue weighted by Gasteiger charge is -2.35. The molecule has 1 fully saturated rings. The van der Waals surface area contributed by atoms with Crippen molar-refractivity contribution in [3.63, 3.8) is 0 Å². The first kappa shape index (κ1) is 18.0. The SMILES string of the molecule is NCCC(=O)NCC1CCCCN1Cc1csc(-c2ccccc2)n1. The number of hydrogen-bond acceptors (Lipinski definition) is 5. The van der Waals surface area contributed by atoms with E-state index in [4.69, 9.17) is 10.7 Å². The van der Waals surface area contributed by atoms with Crippen molar-refractivity contribution in [1.29, 1.82) is 0 Å². The van der Waals surface area contributed by atoms with Gasteiger partial charge in [-0.3, -0.25) is 9.69 Å². The monoisotopic (exact) mass is 358 g/mol. The van der Waals surface area contributed by atoms with Gasteiger partial charge in [-0.15, -0.1) is 11.3 Å². The highest BCUT2D eigenvalue weighted by Crippen LogP contribution is 2.25. The fourth-order valence-electron chi connectivity index (χ4n) is 3.25. The second-order valence-electron chi connectivity index (χ2n) is 6.47. The predicted octanol–water partition coefficient (Wildman–Crippen LogP) is 2.63. The quantitative estimate of drug-likeness (QED) is 0.798. The fraction of sp³-hybridized carbons (Fsp3) is 0.474. The zero-order valence-electron chi connectivity index (χ0n) is 14.5. The Kier molecular flexibility index (Phi) is 6.55. The third kappa shape index (κ3) is 5.11. The Morgan fingerprint density at radius 3 is 2.96 bits per heavy atom. The zero-order chi connectivity index (χ0) is 17.5. The van der Waals surface area contributed by atoms with Gasteiger partial charge < -0.3 is 11.1 Å². The largest absolute Gasteiger partial charge is 0.354 e. The third-order valence-electron chi connectivity index (χ3n) is 4.59. The number of carbonyl (C=O) groups excluding carboxylic acids is 1. The van der Waals surface area contributed by atoms with Crippen LogP contribution in [0.15, 0.2) is 35.7 Å². The van der Waals surface area contributed by atoms with Gasteiger partial charge in [-0.05, 0) is 19.4 Å². The lowest BCUT2D eigenvalue weighted by molar-refractivity contribution is -0.121. The molecule has 3 rings (SSSR count). The summed E-state index contributed by atoms with van der Waals surface area (Å²) in [6, 6.07) is 10.7. The molecule has 0 radical (unpaired) electrons. The Morgan fingerprint density at radius 2 is 2.16 bits per heavy atom. The van der Waals surface area contributed by atoms with Crippen molar-refractivity contribution in [2.24, 2.45) is 5.73 Å². The molecule has 5 nitrogen and oxygen atoms in total. The number of nitrogens with one attached hydrogen (secondary N) is 1. The van der Waals surface area contributed by atoms with E-state index in [1.165, 1.54) is 18.4 Å². The van der Waals surface area contributed by atoms with Crippen LogP contribution >= 0.6 is 11.3 Å². The maximum atomic E-state index is 11.7. The van der Waals surface area contributed by atoms with Crippen LogP contribution in [0.1, 0.15) is 31.4 Å². The summed E-state index contributed by atoms with van der Waals surface area (Å²) in [7, 11) is 0. The first-order valence-electron chi connectivity index (χ1n) is 8.97. The van der Waals surface area contributed by atoms with Crippen LogP contribution in [-0.2, 0) is 11.3 Å². The third-order valence-corrected chi connectivity index (χ3v) is 5.53. The van der Waals surface area contributed by atoms with Crippen LogP contribution in [0.2, 0.25) is 0 Å². The standard InChI is InChI=1S/C19H26N4OS/c20-10-9-18(24)21-12-17-8-4-5-11-23(17)13-16-14-25-19(22-16)15-6-2-1-3-7-15/h1-3,6-7,14,17H,4-5,8-13,20H2,(H,21,24). The normalized spacial score (nSPS) is 18.2. The molecule has 6 heteroatoms. The second kappa shape index (κ2) is 9.08. The highest BCUT2D eigenvalue weighted by atomic mass is 32.1. The van der Waals surface area contributed by atoms with E-state index in [-0.39, 0.29) is 5.91 Å². The number of amides is 1. The highest BCUT2D eigenvalue weighted by Gasteiger charge is 2.23. The first-order chi connectivity index (χ1) is 12.3. The van der Waals surface area contributed by atoms with E-state index in [0.29, 0.717) is 25.6 Å². The van der Waals surface area contributed by atoms with E-state index in [1.807, 2.05) is 18.2 Å². The molecule has 0 spiro atoms. The van der Waals surface area contributed by atoms with Crippen LogP contribution in [0.25, 0.3) is 10.6 Å². The van der Waals surface area contributed by atoms with E-state index < -0.39 is 0 Å². The molecule has 1 aromatic heterocycles. The molecule has 3 N–H and O–H groups in total. The summed E-state index contributed by atoms with van der Waals surface area (Å²) in [5, 5.41) is 6.25. The van der Waals surface area contributed by atoms with Crippen molar-refractivity contribution in [3.8, 4) is 10.6 Å². The minimum absolute atomic E-state index is 0.0491. The molecule has 1 saturated heterocycles. The second-order valence-corrected chi connectivity index (χ2v) is 7.33. The lowest BCUT2D eigenvalue weighted by atomic mass is 10.0. The molecule has 1 atom stereocenters. The summed E-state index contributed by atoms with van der Waals surface area (Å²) in [5.41, 5.74) is 7.72.